The van der Waals surface area contributed by atoms with E-state index in [1.165, 1.54) is 7.11 Å². The summed E-state index contributed by atoms with van der Waals surface area (Å²) < 4.78 is 17.3. The van der Waals surface area contributed by atoms with E-state index in [2.05, 4.69) is 6.07 Å². The van der Waals surface area contributed by atoms with Gasteiger partial charge in [0.25, 0.3) is 0 Å². The van der Waals surface area contributed by atoms with Gasteiger partial charge in [0.15, 0.2) is 5.79 Å². The Bertz CT molecular complexity index is 1430. The Morgan fingerprint density at radius 2 is 1.81 bits per heavy atom. The van der Waals surface area contributed by atoms with Crippen LogP contribution in [0, 0.1) is 0 Å². The number of pyridine rings is 1. The molecule has 0 amide bonds. The van der Waals surface area contributed by atoms with Gasteiger partial charge in [-0.25, -0.2) is 9.78 Å². The van der Waals surface area contributed by atoms with Crippen molar-refractivity contribution in [3.8, 4) is 0 Å². The van der Waals surface area contributed by atoms with Crippen molar-refractivity contribution in [2.75, 3.05) is 20.3 Å². The van der Waals surface area contributed by atoms with Crippen LogP contribution < -0.4 is 0 Å². The van der Waals surface area contributed by atoms with Crippen molar-refractivity contribution in [2.24, 2.45) is 0 Å². The topological polar surface area (TPSA) is 57.7 Å². The van der Waals surface area contributed by atoms with Crippen LogP contribution in [-0.4, -0.2) is 31.3 Å². The predicted molar refractivity (Wildman–Crippen MR) is 142 cm³/mol. The van der Waals surface area contributed by atoms with Gasteiger partial charge in [0.05, 0.1) is 37.1 Å². The van der Waals surface area contributed by atoms with Gasteiger partial charge < -0.3 is 14.2 Å². The number of carbonyl (C=O) groups is 1. The Morgan fingerprint density at radius 3 is 2.64 bits per heavy atom. The second-order valence-corrected chi connectivity index (χ2v) is 9.07. The van der Waals surface area contributed by atoms with Gasteiger partial charge in [0.1, 0.15) is 0 Å². The largest absolute Gasteiger partial charge is 0.465 e. The molecule has 0 bridgehead atoms. The molecule has 4 aromatic rings. The van der Waals surface area contributed by atoms with Crippen LogP contribution in [0.4, 0.5) is 0 Å². The average molecular weight is 500 g/mol. The van der Waals surface area contributed by atoms with Crippen LogP contribution >= 0.6 is 11.6 Å². The quantitative estimate of drug-likeness (QED) is 0.265. The van der Waals surface area contributed by atoms with E-state index in [0.717, 1.165) is 33.3 Å². The van der Waals surface area contributed by atoms with E-state index in [0.29, 0.717) is 36.6 Å². The Hall–Kier alpha value is -3.51. The minimum absolute atomic E-state index is 0.343. The van der Waals surface area contributed by atoms with E-state index in [1.807, 2.05) is 78.9 Å². The lowest BCUT2D eigenvalue weighted by Gasteiger charge is -2.28. The SMILES string of the molecule is COC(=O)c1ccccc1CCC1(c2cccc(/C=C/c3ccc4ccc(Cl)cc4n3)c2)OCCO1. The Kier molecular flexibility index (Phi) is 7.14. The molecule has 0 spiro atoms. The number of hydrogen-bond acceptors (Lipinski definition) is 5. The lowest BCUT2D eigenvalue weighted by Crippen LogP contribution is -2.28. The third-order valence-electron chi connectivity index (χ3n) is 6.35. The summed E-state index contributed by atoms with van der Waals surface area (Å²) in [5, 5.41) is 1.71. The molecule has 1 saturated heterocycles. The first-order chi connectivity index (χ1) is 17.6. The van der Waals surface area contributed by atoms with Crippen LogP contribution in [-0.2, 0) is 26.4 Å². The van der Waals surface area contributed by atoms with Crippen LogP contribution in [0.2, 0.25) is 5.02 Å². The molecule has 0 atom stereocenters. The number of hydrogen-bond donors (Lipinski definition) is 0. The van der Waals surface area contributed by atoms with Gasteiger partial charge in [-0.2, -0.15) is 0 Å². The Morgan fingerprint density at radius 1 is 1.00 bits per heavy atom. The highest BCUT2D eigenvalue weighted by molar-refractivity contribution is 6.31. The van der Waals surface area contributed by atoms with Gasteiger partial charge in [0, 0.05) is 22.4 Å². The molecule has 0 unspecified atom stereocenters. The monoisotopic (exact) mass is 499 g/mol. The summed E-state index contributed by atoms with van der Waals surface area (Å²) in [6.45, 7) is 1.03. The normalized spacial score (nSPS) is 14.9. The molecule has 0 aliphatic carbocycles. The molecule has 5 nitrogen and oxygen atoms in total. The summed E-state index contributed by atoms with van der Waals surface area (Å²) in [4.78, 5) is 16.9. The summed E-state index contributed by atoms with van der Waals surface area (Å²) in [5.74, 6) is -1.21. The van der Waals surface area contributed by atoms with Crippen molar-refractivity contribution in [2.45, 2.75) is 18.6 Å². The van der Waals surface area contributed by atoms with Crippen LogP contribution in [0.1, 0.15) is 39.2 Å². The van der Waals surface area contributed by atoms with Crippen LogP contribution in [0.5, 0.6) is 0 Å². The summed E-state index contributed by atoms with van der Waals surface area (Å²) in [5.41, 5.74) is 5.12. The first-order valence-electron chi connectivity index (χ1n) is 11.9. The second-order valence-electron chi connectivity index (χ2n) is 8.63. The fourth-order valence-corrected chi connectivity index (χ4v) is 4.68. The van der Waals surface area contributed by atoms with Crippen LogP contribution in [0.15, 0.2) is 78.9 Å². The van der Waals surface area contributed by atoms with E-state index >= 15 is 0 Å². The number of aromatic nitrogens is 1. The van der Waals surface area contributed by atoms with Crippen molar-refractivity contribution < 1.29 is 19.0 Å². The molecule has 2 heterocycles. The molecular weight excluding hydrogens is 474 g/mol. The van der Waals surface area contributed by atoms with E-state index in [4.69, 9.17) is 30.8 Å². The molecule has 1 aliphatic heterocycles. The van der Waals surface area contributed by atoms with E-state index < -0.39 is 5.79 Å². The standard InChI is InChI=1S/C30H26ClNO4/c1-34-29(33)27-8-3-2-6-22(27)15-16-30(35-17-18-36-30)24-7-4-5-21(19-24)9-13-26-14-11-23-10-12-25(31)20-28(23)32-26/h2-14,19-20H,15-18H2,1H3/b13-9+. The van der Waals surface area contributed by atoms with Gasteiger partial charge >= 0.3 is 5.97 Å². The summed E-state index contributed by atoms with van der Waals surface area (Å²) in [6.07, 6.45) is 5.18. The lowest BCUT2D eigenvalue weighted by molar-refractivity contribution is -0.170. The minimum atomic E-state index is -0.870. The van der Waals surface area contributed by atoms with Gasteiger partial charge in [-0.15, -0.1) is 0 Å². The van der Waals surface area contributed by atoms with Gasteiger partial charge in [-0.05, 0) is 54.0 Å². The van der Waals surface area contributed by atoms with Gasteiger partial charge in [0.2, 0.25) is 0 Å². The van der Waals surface area contributed by atoms with Crippen molar-refractivity contribution in [3.63, 3.8) is 0 Å². The van der Waals surface area contributed by atoms with Crippen molar-refractivity contribution in [1.82, 2.24) is 4.98 Å². The van der Waals surface area contributed by atoms with Gasteiger partial charge in [-0.1, -0.05) is 66.2 Å². The number of esters is 1. The first kappa shape index (κ1) is 24.2. The Labute approximate surface area is 215 Å². The number of rotatable bonds is 7. The number of fused-ring (bicyclic) bond motifs is 1. The molecule has 0 radical (unpaired) electrons. The third kappa shape index (κ3) is 5.19. The third-order valence-corrected chi connectivity index (χ3v) is 6.58. The highest BCUT2D eigenvalue weighted by Gasteiger charge is 2.38. The summed E-state index contributed by atoms with van der Waals surface area (Å²) in [6, 6.07) is 25.3. The number of nitrogens with zero attached hydrogens (tertiary/aromatic N) is 1. The second kappa shape index (κ2) is 10.6. The summed E-state index contributed by atoms with van der Waals surface area (Å²) >= 11 is 6.13. The van der Waals surface area contributed by atoms with E-state index in [1.54, 1.807) is 6.07 Å². The number of ether oxygens (including phenoxy) is 3. The average Bonchev–Trinajstić information content (AvgIpc) is 3.40. The lowest BCUT2D eigenvalue weighted by atomic mass is 9.94. The number of methoxy groups -OCH3 is 1. The highest BCUT2D eigenvalue weighted by atomic mass is 35.5. The maximum absolute atomic E-state index is 12.2. The zero-order valence-electron chi connectivity index (χ0n) is 19.9. The van der Waals surface area contributed by atoms with Crippen molar-refractivity contribution in [3.05, 3.63) is 112 Å². The van der Waals surface area contributed by atoms with Crippen LogP contribution in [0.3, 0.4) is 0 Å². The zero-order chi connectivity index (χ0) is 25.0. The minimum Gasteiger partial charge on any atom is -0.465 e. The van der Waals surface area contributed by atoms with E-state index in [-0.39, 0.29) is 5.97 Å². The maximum Gasteiger partial charge on any atom is 0.338 e. The molecule has 0 saturated carbocycles. The highest BCUT2D eigenvalue weighted by Crippen LogP contribution is 2.37. The molecule has 6 heteroatoms. The molecule has 1 aliphatic rings. The zero-order valence-corrected chi connectivity index (χ0v) is 20.7. The number of halogens is 1. The van der Waals surface area contributed by atoms with Crippen molar-refractivity contribution in [1.29, 1.82) is 0 Å². The smallest absolute Gasteiger partial charge is 0.338 e. The van der Waals surface area contributed by atoms with Gasteiger partial charge in [-0.3, -0.25) is 0 Å². The van der Waals surface area contributed by atoms with E-state index in [9.17, 15) is 4.79 Å². The predicted octanol–water partition coefficient (Wildman–Crippen LogP) is 6.68. The maximum atomic E-state index is 12.2. The molecule has 3 aromatic carbocycles. The molecule has 36 heavy (non-hydrogen) atoms. The molecule has 1 fully saturated rings. The number of aryl methyl sites for hydroxylation is 1. The molecular formula is C30H26ClNO4. The van der Waals surface area contributed by atoms with Crippen molar-refractivity contribution >= 4 is 40.6 Å². The number of benzene rings is 3. The molecule has 5 rings (SSSR count). The summed E-state index contributed by atoms with van der Waals surface area (Å²) in [7, 11) is 1.39. The fraction of sp³-hybridized carbons (Fsp3) is 0.200. The van der Waals surface area contributed by atoms with Crippen LogP contribution in [0.25, 0.3) is 23.1 Å². The number of carbonyl (C=O) groups excluding carboxylic acids is 1. The fourth-order valence-electron chi connectivity index (χ4n) is 4.52. The molecule has 1 aromatic heterocycles. The molecule has 182 valence electrons. The Balaban J connectivity index is 1.38. The first-order valence-corrected chi connectivity index (χ1v) is 12.2. The molecule has 0 N–H and O–H groups in total.